The molecule has 20 heavy (non-hydrogen) atoms. The van der Waals surface area contributed by atoms with Crippen LogP contribution in [-0.2, 0) is 17.3 Å². The molecule has 2 rings (SSSR count). The Morgan fingerprint density at radius 3 is 2.60 bits per heavy atom. The lowest BCUT2D eigenvalue weighted by Crippen LogP contribution is -2.11. The zero-order chi connectivity index (χ0) is 14.4. The van der Waals surface area contributed by atoms with E-state index in [1.54, 1.807) is 17.2 Å². The van der Waals surface area contributed by atoms with Gasteiger partial charge in [0.2, 0.25) is 5.16 Å². The lowest BCUT2D eigenvalue weighted by atomic mass is 10.3. The van der Waals surface area contributed by atoms with E-state index in [0.717, 1.165) is 5.75 Å². The molecular formula is C13H17N3O3S. The second kappa shape index (κ2) is 7.04. The Hall–Kier alpha value is -1.89. The van der Waals surface area contributed by atoms with Crippen LogP contribution < -0.4 is 9.47 Å². The van der Waals surface area contributed by atoms with E-state index in [0.29, 0.717) is 30.7 Å². The van der Waals surface area contributed by atoms with Gasteiger partial charge in [0.1, 0.15) is 12.9 Å². The van der Waals surface area contributed by atoms with Crippen molar-refractivity contribution in [1.29, 1.82) is 0 Å². The molecule has 0 aliphatic carbocycles. The Bertz CT molecular complexity index is 586. The summed E-state index contributed by atoms with van der Waals surface area (Å²) in [7, 11) is -1.16. The number of hydrogen-bond donors (Lipinski definition) is 0. The minimum atomic E-state index is -1.16. The van der Waals surface area contributed by atoms with E-state index >= 15 is 0 Å². The zero-order valence-electron chi connectivity index (χ0n) is 11.5. The van der Waals surface area contributed by atoms with Crippen LogP contribution in [0.3, 0.4) is 0 Å². The van der Waals surface area contributed by atoms with Crippen LogP contribution in [0, 0.1) is 0 Å². The van der Waals surface area contributed by atoms with Gasteiger partial charge < -0.3 is 14.0 Å². The summed E-state index contributed by atoms with van der Waals surface area (Å²) in [6.45, 7) is 3.47. The number of rotatable bonds is 7. The van der Waals surface area contributed by atoms with Gasteiger partial charge in [-0.25, -0.2) is 0 Å². The topological polar surface area (TPSA) is 66.2 Å². The largest absolute Gasteiger partial charge is 0.490 e. The first-order valence-electron chi connectivity index (χ1n) is 6.28. The van der Waals surface area contributed by atoms with Crippen LogP contribution in [0.2, 0.25) is 0 Å². The summed E-state index contributed by atoms with van der Waals surface area (Å²) in [6, 6.07) is 7.51. The highest BCUT2D eigenvalue weighted by atomic mass is 32.2. The summed E-state index contributed by atoms with van der Waals surface area (Å²) in [6.07, 6.45) is 3.13. The number of aromatic nitrogens is 3. The SMILES string of the molecule is CCOc1ccccc1OCCn1cnnc1S(C)=O. The quantitative estimate of drug-likeness (QED) is 0.774. The van der Waals surface area contributed by atoms with Crippen molar-refractivity contribution in [3.63, 3.8) is 0 Å². The maximum absolute atomic E-state index is 11.4. The number of hydrogen-bond acceptors (Lipinski definition) is 5. The Kier molecular flexibility index (Phi) is 5.11. The van der Waals surface area contributed by atoms with Crippen molar-refractivity contribution in [2.45, 2.75) is 18.6 Å². The summed E-state index contributed by atoms with van der Waals surface area (Å²) >= 11 is 0. The van der Waals surface area contributed by atoms with Crippen LogP contribution >= 0.6 is 0 Å². The van der Waals surface area contributed by atoms with Crippen molar-refractivity contribution in [1.82, 2.24) is 14.8 Å². The van der Waals surface area contributed by atoms with Gasteiger partial charge in [0, 0.05) is 6.26 Å². The van der Waals surface area contributed by atoms with Gasteiger partial charge in [-0.3, -0.25) is 4.21 Å². The van der Waals surface area contributed by atoms with Crippen molar-refractivity contribution in [2.24, 2.45) is 0 Å². The van der Waals surface area contributed by atoms with Gasteiger partial charge >= 0.3 is 0 Å². The van der Waals surface area contributed by atoms with E-state index in [-0.39, 0.29) is 0 Å². The highest BCUT2D eigenvalue weighted by Crippen LogP contribution is 2.26. The van der Waals surface area contributed by atoms with Crippen LogP contribution in [0.5, 0.6) is 11.5 Å². The zero-order valence-corrected chi connectivity index (χ0v) is 12.3. The number of para-hydroxylation sites is 2. The van der Waals surface area contributed by atoms with E-state index in [1.165, 1.54) is 0 Å². The fraction of sp³-hybridized carbons (Fsp3) is 0.385. The molecular weight excluding hydrogens is 278 g/mol. The first-order chi connectivity index (χ1) is 9.72. The molecule has 0 saturated heterocycles. The monoisotopic (exact) mass is 295 g/mol. The van der Waals surface area contributed by atoms with E-state index in [9.17, 15) is 4.21 Å². The van der Waals surface area contributed by atoms with Crippen LogP contribution in [0.4, 0.5) is 0 Å². The summed E-state index contributed by atoms with van der Waals surface area (Å²) < 4.78 is 24.3. The lowest BCUT2D eigenvalue weighted by molar-refractivity contribution is 0.263. The van der Waals surface area contributed by atoms with E-state index < -0.39 is 10.8 Å². The van der Waals surface area contributed by atoms with Crippen molar-refractivity contribution in [2.75, 3.05) is 19.5 Å². The molecule has 2 aromatic rings. The Morgan fingerprint density at radius 2 is 1.95 bits per heavy atom. The summed E-state index contributed by atoms with van der Waals surface area (Å²) in [4.78, 5) is 0. The average Bonchev–Trinajstić information content (AvgIpc) is 2.90. The van der Waals surface area contributed by atoms with Crippen molar-refractivity contribution >= 4 is 10.8 Å². The first-order valence-corrected chi connectivity index (χ1v) is 7.84. The van der Waals surface area contributed by atoms with E-state index in [2.05, 4.69) is 10.2 Å². The molecule has 108 valence electrons. The smallest absolute Gasteiger partial charge is 0.221 e. The summed E-state index contributed by atoms with van der Waals surface area (Å²) in [5.41, 5.74) is 0. The predicted octanol–water partition coefficient (Wildman–Crippen LogP) is 1.49. The Morgan fingerprint density at radius 1 is 1.25 bits per heavy atom. The van der Waals surface area contributed by atoms with E-state index in [1.807, 2.05) is 31.2 Å². The molecule has 0 saturated carbocycles. The van der Waals surface area contributed by atoms with Crippen molar-refractivity contribution in [3.05, 3.63) is 30.6 Å². The van der Waals surface area contributed by atoms with Gasteiger partial charge in [-0.2, -0.15) is 0 Å². The number of ether oxygens (including phenoxy) is 2. The Labute approximate surface area is 120 Å². The molecule has 0 fully saturated rings. The van der Waals surface area contributed by atoms with Gasteiger partial charge in [-0.1, -0.05) is 12.1 Å². The number of benzene rings is 1. The second-order valence-electron chi connectivity index (χ2n) is 3.99. The van der Waals surface area contributed by atoms with Crippen LogP contribution in [0.15, 0.2) is 35.7 Å². The molecule has 1 heterocycles. The molecule has 0 bridgehead atoms. The molecule has 1 aromatic heterocycles. The Balaban J connectivity index is 1.96. The van der Waals surface area contributed by atoms with Crippen LogP contribution in [0.25, 0.3) is 0 Å². The second-order valence-corrected chi connectivity index (χ2v) is 5.26. The predicted molar refractivity (Wildman–Crippen MR) is 75.5 cm³/mol. The molecule has 0 N–H and O–H groups in total. The molecule has 7 heteroatoms. The van der Waals surface area contributed by atoms with Crippen molar-refractivity contribution in [3.8, 4) is 11.5 Å². The highest BCUT2D eigenvalue weighted by molar-refractivity contribution is 7.84. The van der Waals surface area contributed by atoms with Crippen LogP contribution in [0.1, 0.15) is 6.92 Å². The minimum absolute atomic E-state index is 0.423. The fourth-order valence-corrected chi connectivity index (χ4v) is 2.35. The standard InChI is InChI=1S/C13H17N3O3S/c1-3-18-11-6-4-5-7-12(11)19-9-8-16-10-14-15-13(16)20(2)17/h4-7,10H,3,8-9H2,1-2H3. The molecule has 6 nitrogen and oxygen atoms in total. The average molecular weight is 295 g/mol. The third-order valence-corrected chi connectivity index (χ3v) is 3.41. The summed E-state index contributed by atoms with van der Waals surface area (Å²) in [5.74, 6) is 1.42. The number of nitrogens with zero attached hydrogens (tertiary/aromatic N) is 3. The first kappa shape index (κ1) is 14.5. The fourth-order valence-electron chi connectivity index (χ4n) is 1.72. The molecule has 1 atom stereocenters. The van der Waals surface area contributed by atoms with Crippen LogP contribution in [-0.4, -0.2) is 38.4 Å². The van der Waals surface area contributed by atoms with Crippen molar-refractivity contribution < 1.29 is 13.7 Å². The van der Waals surface area contributed by atoms with Gasteiger partial charge in [0.05, 0.1) is 24.0 Å². The molecule has 0 aliphatic heterocycles. The van der Waals surface area contributed by atoms with Gasteiger partial charge in [0.15, 0.2) is 11.5 Å². The van der Waals surface area contributed by atoms with Gasteiger partial charge in [-0.15, -0.1) is 10.2 Å². The third-order valence-electron chi connectivity index (χ3n) is 2.58. The van der Waals surface area contributed by atoms with E-state index in [4.69, 9.17) is 9.47 Å². The normalized spacial score (nSPS) is 12.1. The summed E-state index contributed by atoms with van der Waals surface area (Å²) in [5, 5.41) is 8.03. The molecule has 0 amide bonds. The molecule has 1 aromatic carbocycles. The molecule has 0 spiro atoms. The molecule has 1 unspecified atom stereocenters. The lowest BCUT2D eigenvalue weighted by Gasteiger charge is -2.12. The molecule has 0 radical (unpaired) electrons. The van der Waals surface area contributed by atoms with Gasteiger partial charge in [0.25, 0.3) is 0 Å². The third kappa shape index (κ3) is 3.57. The molecule has 0 aliphatic rings. The van der Waals surface area contributed by atoms with Gasteiger partial charge in [-0.05, 0) is 19.1 Å². The highest BCUT2D eigenvalue weighted by Gasteiger charge is 2.08. The minimum Gasteiger partial charge on any atom is -0.490 e. The maximum atomic E-state index is 11.4. The maximum Gasteiger partial charge on any atom is 0.221 e.